The molecule has 1 saturated carbocycles. The Labute approximate surface area is 181 Å². The van der Waals surface area contributed by atoms with Crippen molar-refractivity contribution in [1.29, 1.82) is 0 Å². The minimum absolute atomic E-state index is 0.0127. The molecule has 2 aromatic rings. The second kappa shape index (κ2) is 9.55. The SMILES string of the molecule is CCOC(=O)NC1CCC(Oc2cc(N3CCOCC3)cc3ncc(=O)n(C)c23)CC1. The first-order chi connectivity index (χ1) is 15.0. The number of amides is 1. The first kappa shape index (κ1) is 21.4. The van der Waals surface area contributed by atoms with Crippen LogP contribution in [0.1, 0.15) is 32.6 Å². The van der Waals surface area contributed by atoms with Crippen molar-refractivity contribution in [3.63, 3.8) is 0 Å². The molecule has 1 aromatic carbocycles. The summed E-state index contributed by atoms with van der Waals surface area (Å²) in [5.74, 6) is 0.675. The minimum Gasteiger partial charge on any atom is -0.488 e. The van der Waals surface area contributed by atoms with E-state index in [1.807, 2.05) is 12.1 Å². The predicted molar refractivity (Wildman–Crippen MR) is 117 cm³/mol. The van der Waals surface area contributed by atoms with Gasteiger partial charge in [0.2, 0.25) is 0 Å². The van der Waals surface area contributed by atoms with Gasteiger partial charge in [0.05, 0.1) is 37.6 Å². The van der Waals surface area contributed by atoms with E-state index in [9.17, 15) is 9.59 Å². The standard InChI is InChI=1S/C22H30N4O5/c1-3-30-22(28)24-15-4-6-17(7-5-15)31-19-13-16(26-8-10-29-11-9-26)12-18-21(19)25(2)20(27)14-23-18/h12-15,17H,3-11H2,1-2H3,(H,24,28). The largest absolute Gasteiger partial charge is 0.488 e. The van der Waals surface area contributed by atoms with Crippen LogP contribution in [0.4, 0.5) is 10.5 Å². The molecule has 0 bridgehead atoms. The van der Waals surface area contributed by atoms with Gasteiger partial charge in [0.1, 0.15) is 11.3 Å². The number of anilines is 1. The summed E-state index contributed by atoms with van der Waals surface area (Å²) in [6, 6.07) is 4.12. The number of alkyl carbamates (subject to hydrolysis) is 1. The fraction of sp³-hybridized carbons (Fsp3) is 0.591. The Morgan fingerprint density at radius 1 is 1.23 bits per heavy atom. The molecule has 1 aliphatic heterocycles. The van der Waals surface area contributed by atoms with E-state index in [2.05, 4.69) is 15.2 Å². The molecule has 0 unspecified atom stereocenters. The molecule has 9 heteroatoms. The predicted octanol–water partition coefficient (Wildman–Crippen LogP) is 2.21. The number of ether oxygens (including phenoxy) is 3. The first-order valence-electron chi connectivity index (χ1n) is 11.0. The van der Waals surface area contributed by atoms with Crippen LogP contribution < -0.4 is 20.5 Å². The van der Waals surface area contributed by atoms with Crippen LogP contribution in [0.25, 0.3) is 11.0 Å². The van der Waals surface area contributed by atoms with Crippen molar-refractivity contribution in [2.75, 3.05) is 37.8 Å². The molecule has 0 radical (unpaired) electrons. The Kier molecular flexibility index (Phi) is 6.60. The summed E-state index contributed by atoms with van der Waals surface area (Å²) in [4.78, 5) is 30.5. The third kappa shape index (κ3) is 4.92. The van der Waals surface area contributed by atoms with Crippen LogP contribution in [-0.2, 0) is 16.5 Å². The molecule has 31 heavy (non-hydrogen) atoms. The lowest BCUT2D eigenvalue weighted by molar-refractivity contribution is 0.121. The Balaban J connectivity index is 1.54. The molecule has 1 N–H and O–H groups in total. The van der Waals surface area contributed by atoms with E-state index in [4.69, 9.17) is 14.2 Å². The van der Waals surface area contributed by atoms with E-state index >= 15 is 0 Å². The quantitative estimate of drug-likeness (QED) is 0.777. The molecule has 4 rings (SSSR count). The van der Waals surface area contributed by atoms with Crippen molar-refractivity contribution in [3.05, 3.63) is 28.7 Å². The van der Waals surface area contributed by atoms with Gasteiger partial charge in [0.15, 0.2) is 0 Å². The van der Waals surface area contributed by atoms with Crippen molar-refractivity contribution >= 4 is 22.8 Å². The number of aryl methyl sites for hydroxylation is 1. The van der Waals surface area contributed by atoms with Crippen molar-refractivity contribution in [3.8, 4) is 5.75 Å². The van der Waals surface area contributed by atoms with Crippen LogP contribution in [0.3, 0.4) is 0 Å². The number of morpholine rings is 1. The molecular weight excluding hydrogens is 400 g/mol. The smallest absolute Gasteiger partial charge is 0.407 e. The number of nitrogens with one attached hydrogen (secondary N) is 1. The molecule has 2 fully saturated rings. The normalized spacial score (nSPS) is 21.7. The Morgan fingerprint density at radius 3 is 2.68 bits per heavy atom. The maximum absolute atomic E-state index is 12.2. The number of hydrogen-bond acceptors (Lipinski definition) is 7. The van der Waals surface area contributed by atoms with E-state index in [0.29, 0.717) is 31.1 Å². The third-order valence-electron chi connectivity index (χ3n) is 5.96. The summed E-state index contributed by atoms with van der Waals surface area (Å²) in [6.45, 7) is 5.15. The summed E-state index contributed by atoms with van der Waals surface area (Å²) in [6.07, 6.45) is 4.27. The molecule has 1 aliphatic carbocycles. The number of rotatable bonds is 5. The molecule has 1 saturated heterocycles. The maximum atomic E-state index is 12.2. The highest BCUT2D eigenvalue weighted by atomic mass is 16.5. The maximum Gasteiger partial charge on any atom is 0.407 e. The van der Waals surface area contributed by atoms with Crippen LogP contribution in [0, 0.1) is 0 Å². The van der Waals surface area contributed by atoms with E-state index in [1.54, 1.807) is 18.5 Å². The molecule has 2 aliphatic rings. The van der Waals surface area contributed by atoms with Crippen LogP contribution >= 0.6 is 0 Å². The zero-order valence-electron chi connectivity index (χ0n) is 18.1. The average Bonchev–Trinajstić information content (AvgIpc) is 2.78. The van der Waals surface area contributed by atoms with Crippen molar-refractivity contribution in [2.45, 2.75) is 44.8 Å². The lowest BCUT2D eigenvalue weighted by atomic mass is 9.93. The first-order valence-corrected chi connectivity index (χ1v) is 11.0. The Bertz CT molecular complexity index is 978. The van der Waals surface area contributed by atoms with Gasteiger partial charge in [-0.05, 0) is 38.7 Å². The second-order valence-electron chi connectivity index (χ2n) is 8.02. The van der Waals surface area contributed by atoms with Gasteiger partial charge in [0.25, 0.3) is 5.56 Å². The van der Waals surface area contributed by atoms with Crippen LogP contribution in [-0.4, -0.2) is 60.7 Å². The molecular formula is C22H30N4O5. The lowest BCUT2D eigenvalue weighted by Crippen LogP contribution is -2.40. The molecule has 1 aromatic heterocycles. The number of carbonyl (C=O) groups is 1. The Morgan fingerprint density at radius 2 is 1.97 bits per heavy atom. The highest BCUT2D eigenvalue weighted by Crippen LogP contribution is 2.33. The number of benzene rings is 1. The van der Waals surface area contributed by atoms with E-state index < -0.39 is 0 Å². The number of nitrogens with zero attached hydrogens (tertiary/aromatic N) is 3. The number of hydrogen-bond donors (Lipinski definition) is 1. The number of aromatic nitrogens is 2. The van der Waals surface area contributed by atoms with Gasteiger partial charge in [0, 0.05) is 37.9 Å². The molecule has 0 spiro atoms. The summed E-state index contributed by atoms with van der Waals surface area (Å²) >= 11 is 0. The molecule has 0 atom stereocenters. The van der Waals surface area contributed by atoms with Gasteiger partial charge < -0.3 is 29.0 Å². The number of carbonyl (C=O) groups excluding carboxylic acids is 1. The van der Waals surface area contributed by atoms with Gasteiger partial charge in [-0.1, -0.05) is 0 Å². The summed E-state index contributed by atoms with van der Waals surface area (Å²) in [5, 5.41) is 2.91. The molecule has 168 valence electrons. The summed E-state index contributed by atoms with van der Waals surface area (Å²) in [7, 11) is 1.74. The van der Waals surface area contributed by atoms with Crippen molar-refractivity contribution in [1.82, 2.24) is 14.9 Å². The van der Waals surface area contributed by atoms with E-state index in [-0.39, 0.29) is 23.8 Å². The van der Waals surface area contributed by atoms with Gasteiger partial charge >= 0.3 is 6.09 Å². The zero-order chi connectivity index (χ0) is 21.8. The molecule has 9 nitrogen and oxygen atoms in total. The van der Waals surface area contributed by atoms with Gasteiger partial charge in [-0.3, -0.25) is 4.79 Å². The summed E-state index contributed by atoms with van der Waals surface area (Å²) in [5.41, 5.74) is 2.29. The Hall–Kier alpha value is -2.81. The monoisotopic (exact) mass is 430 g/mol. The third-order valence-corrected chi connectivity index (χ3v) is 5.96. The van der Waals surface area contributed by atoms with Crippen molar-refractivity contribution in [2.24, 2.45) is 7.05 Å². The van der Waals surface area contributed by atoms with Crippen LogP contribution in [0.2, 0.25) is 0 Å². The second-order valence-corrected chi connectivity index (χ2v) is 8.02. The van der Waals surface area contributed by atoms with Crippen molar-refractivity contribution < 1.29 is 19.0 Å². The average molecular weight is 431 g/mol. The lowest BCUT2D eigenvalue weighted by Gasteiger charge is -2.31. The van der Waals surface area contributed by atoms with Gasteiger partial charge in [-0.25, -0.2) is 9.78 Å². The fourth-order valence-electron chi connectivity index (χ4n) is 4.27. The van der Waals surface area contributed by atoms with Crippen LogP contribution in [0.5, 0.6) is 5.75 Å². The van der Waals surface area contributed by atoms with Gasteiger partial charge in [-0.2, -0.15) is 0 Å². The van der Waals surface area contributed by atoms with Gasteiger partial charge in [-0.15, -0.1) is 0 Å². The topological polar surface area (TPSA) is 94.9 Å². The van der Waals surface area contributed by atoms with Crippen LogP contribution in [0.15, 0.2) is 23.1 Å². The zero-order valence-corrected chi connectivity index (χ0v) is 18.1. The number of fused-ring (bicyclic) bond motifs is 1. The highest BCUT2D eigenvalue weighted by molar-refractivity contribution is 5.85. The van der Waals surface area contributed by atoms with E-state index in [1.165, 1.54) is 6.20 Å². The molecule has 2 heterocycles. The fourth-order valence-corrected chi connectivity index (χ4v) is 4.27. The minimum atomic E-state index is -0.364. The highest BCUT2D eigenvalue weighted by Gasteiger charge is 2.25. The van der Waals surface area contributed by atoms with E-state index in [0.717, 1.165) is 50.0 Å². The summed E-state index contributed by atoms with van der Waals surface area (Å²) < 4.78 is 18.5. The molecule has 1 amide bonds.